The van der Waals surface area contributed by atoms with Crippen LogP contribution in [0.3, 0.4) is 0 Å². The summed E-state index contributed by atoms with van der Waals surface area (Å²) in [5.74, 6) is 0.412. The topological polar surface area (TPSA) is 86.3 Å². The van der Waals surface area contributed by atoms with Gasteiger partial charge in [-0.1, -0.05) is 12.2 Å². The molecular weight excluding hydrogens is 400 g/mol. The number of hydrogen-bond acceptors (Lipinski definition) is 6. The summed E-state index contributed by atoms with van der Waals surface area (Å²) in [4.78, 5) is 28.3. The fourth-order valence-electron chi connectivity index (χ4n) is 4.98. The quantitative estimate of drug-likeness (QED) is 0.765. The van der Waals surface area contributed by atoms with Crippen molar-refractivity contribution in [2.45, 2.75) is 11.7 Å². The summed E-state index contributed by atoms with van der Waals surface area (Å²) in [6, 6.07) is 12.5. The smallest absolute Gasteiger partial charge is 0.234 e. The van der Waals surface area contributed by atoms with Gasteiger partial charge >= 0.3 is 0 Å². The average molecular weight is 420 g/mol. The molecule has 4 atom stereocenters. The number of carbonyl (C=O) groups is 2. The van der Waals surface area contributed by atoms with E-state index in [9.17, 15) is 9.59 Å². The fraction of sp³-hybridized carbons (Fsp3) is 0.304. The predicted molar refractivity (Wildman–Crippen MR) is 110 cm³/mol. The number of hydrogen-bond donors (Lipinski definition) is 1. The van der Waals surface area contributed by atoms with E-state index >= 15 is 0 Å². The Morgan fingerprint density at radius 1 is 1.16 bits per heavy atom. The van der Waals surface area contributed by atoms with Gasteiger partial charge in [0.2, 0.25) is 18.6 Å². The van der Waals surface area contributed by atoms with Crippen molar-refractivity contribution in [3.8, 4) is 17.2 Å². The predicted octanol–water partition coefficient (Wildman–Crippen LogP) is 2.35. The summed E-state index contributed by atoms with van der Waals surface area (Å²) in [5, 5.41) is 2.92. The number of carbonyl (C=O) groups excluding carboxylic acids is 2. The molecule has 158 valence electrons. The van der Waals surface area contributed by atoms with Crippen molar-refractivity contribution in [3.63, 3.8) is 0 Å². The minimum Gasteiger partial charge on any atom is -0.497 e. The summed E-state index contributed by atoms with van der Waals surface area (Å²) in [7, 11) is 1.60. The Balaban J connectivity index is 1.26. The van der Waals surface area contributed by atoms with Crippen molar-refractivity contribution in [1.29, 1.82) is 0 Å². The Bertz CT molecular complexity index is 1110. The van der Waals surface area contributed by atoms with Crippen LogP contribution < -0.4 is 24.4 Å². The third kappa shape index (κ3) is 2.64. The summed E-state index contributed by atoms with van der Waals surface area (Å²) in [6.07, 6.45) is 3.42. The zero-order valence-electron chi connectivity index (χ0n) is 16.7. The van der Waals surface area contributed by atoms with E-state index in [0.717, 1.165) is 5.69 Å². The number of nitrogens with zero attached hydrogens (tertiary/aromatic N) is 1. The van der Waals surface area contributed by atoms with Gasteiger partial charge in [-0.25, -0.2) is 0 Å². The average Bonchev–Trinajstić information content (AvgIpc) is 3.54. The molecule has 31 heavy (non-hydrogen) atoms. The van der Waals surface area contributed by atoms with E-state index in [-0.39, 0.29) is 18.6 Å². The highest BCUT2D eigenvalue weighted by Gasteiger charge is 2.67. The second-order valence-corrected chi connectivity index (χ2v) is 8.08. The van der Waals surface area contributed by atoms with Gasteiger partial charge in [0.15, 0.2) is 11.5 Å². The van der Waals surface area contributed by atoms with Crippen molar-refractivity contribution >= 4 is 23.2 Å². The highest BCUT2D eigenvalue weighted by molar-refractivity contribution is 6.05. The van der Waals surface area contributed by atoms with E-state index in [2.05, 4.69) is 5.32 Å². The molecule has 1 unspecified atom stereocenters. The molecule has 0 aromatic heterocycles. The first kappa shape index (κ1) is 18.3. The SMILES string of the molecule is COc1ccc(N2C[C@]34C=C[C@H](O3)C(C(=O)Nc3ccc5c(c3)OCO5)[C@H]4C2=O)cc1. The normalized spacial score (nSPS) is 29.4. The van der Waals surface area contributed by atoms with Crippen molar-refractivity contribution in [3.05, 3.63) is 54.6 Å². The zero-order chi connectivity index (χ0) is 21.2. The van der Waals surface area contributed by atoms with Gasteiger partial charge in [0.05, 0.1) is 31.6 Å². The lowest BCUT2D eigenvalue weighted by molar-refractivity contribution is -0.128. The number of anilines is 2. The maximum Gasteiger partial charge on any atom is 0.234 e. The van der Waals surface area contributed by atoms with E-state index in [0.29, 0.717) is 29.5 Å². The molecule has 2 saturated heterocycles. The maximum atomic E-state index is 13.4. The van der Waals surface area contributed by atoms with Crippen LogP contribution in [0.25, 0.3) is 0 Å². The van der Waals surface area contributed by atoms with Crippen LogP contribution in [-0.2, 0) is 14.3 Å². The summed E-state index contributed by atoms with van der Waals surface area (Å²) in [5.41, 5.74) is 0.566. The Kier molecular flexibility index (Phi) is 3.82. The molecule has 2 aromatic rings. The number of nitrogens with one attached hydrogen (secondary N) is 1. The molecular formula is C23H20N2O6. The molecule has 2 aromatic carbocycles. The summed E-state index contributed by atoms with van der Waals surface area (Å²) < 4.78 is 22.1. The van der Waals surface area contributed by atoms with Crippen molar-refractivity contribution < 1.29 is 28.5 Å². The molecule has 0 aliphatic carbocycles. The fourth-order valence-corrected chi connectivity index (χ4v) is 4.98. The number of fused-ring (bicyclic) bond motifs is 2. The standard InChI is InChI=1S/C23H20N2O6/c1-28-15-5-3-14(4-6-15)25-11-23-9-8-17(31-23)19(20(23)22(25)27)21(26)24-13-2-7-16-18(10-13)30-12-29-16/h2-10,17,19-20H,11-12H2,1H3,(H,24,26)/t17-,19?,20-,23-/m0/s1. The van der Waals surface area contributed by atoms with Crippen LogP contribution >= 0.6 is 0 Å². The van der Waals surface area contributed by atoms with Gasteiger partial charge in [-0.2, -0.15) is 0 Å². The van der Waals surface area contributed by atoms with E-state index in [1.165, 1.54) is 0 Å². The van der Waals surface area contributed by atoms with Crippen LogP contribution in [0.2, 0.25) is 0 Å². The molecule has 4 aliphatic heterocycles. The first-order valence-electron chi connectivity index (χ1n) is 10.1. The highest BCUT2D eigenvalue weighted by atomic mass is 16.7. The van der Waals surface area contributed by atoms with Crippen LogP contribution in [0.4, 0.5) is 11.4 Å². The maximum absolute atomic E-state index is 13.4. The number of benzene rings is 2. The van der Waals surface area contributed by atoms with Crippen LogP contribution in [0.15, 0.2) is 54.6 Å². The van der Waals surface area contributed by atoms with Gasteiger partial charge in [0, 0.05) is 17.4 Å². The summed E-state index contributed by atoms with van der Waals surface area (Å²) >= 11 is 0. The van der Waals surface area contributed by atoms with Crippen molar-refractivity contribution in [1.82, 2.24) is 0 Å². The third-order valence-electron chi connectivity index (χ3n) is 6.43. The molecule has 2 amide bonds. The van der Waals surface area contributed by atoms with Gasteiger partial charge in [-0.05, 0) is 36.4 Å². The minimum atomic E-state index is -0.779. The molecule has 4 aliphatic rings. The largest absolute Gasteiger partial charge is 0.497 e. The molecule has 1 N–H and O–H groups in total. The van der Waals surface area contributed by atoms with Gasteiger partial charge in [-0.3, -0.25) is 9.59 Å². The molecule has 8 heteroatoms. The Hall–Kier alpha value is -3.52. The van der Waals surface area contributed by atoms with Gasteiger partial charge < -0.3 is 29.2 Å². The zero-order valence-corrected chi connectivity index (χ0v) is 16.7. The van der Waals surface area contributed by atoms with Gasteiger partial charge in [-0.15, -0.1) is 0 Å². The molecule has 1 spiro atoms. The first-order valence-corrected chi connectivity index (χ1v) is 10.1. The van der Waals surface area contributed by atoms with E-state index < -0.39 is 23.5 Å². The summed E-state index contributed by atoms with van der Waals surface area (Å²) in [6.45, 7) is 0.542. The Morgan fingerprint density at radius 2 is 1.97 bits per heavy atom. The molecule has 2 bridgehead atoms. The highest BCUT2D eigenvalue weighted by Crippen LogP contribution is 2.53. The van der Waals surface area contributed by atoms with Crippen molar-refractivity contribution in [2.75, 3.05) is 30.7 Å². The van der Waals surface area contributed by atoms with Crippen LogP contribution in [0, 0.1) is 11.8 Å². The number of rotatable bonds is 4. The Morgan fingerprint density at radius 3 is 2.77 bits per heavy atom. The van der Waals surface area contributed by atoms with Crippen LogP contribution in [0.1, 0.15) is 0 Å². The van der Waals surface area contributed by atoms with Crippen LogP contribution in [-0.4, -0.2) is 44.0 Å². The van der Waals surface area contributed by atoms with E-state index in [4.69, 9.17) is 18.9 Å². The second kappa shape index (κ2) is 6.49. The lowest BCUT2D eigenvalue weighted by atomic mass is 9.77. The lowest BCUT2D eigenvalue weighted by Crippen LogP contribution is -2.41. The van der Waals surface area contributed by atoms with Gasteiger partial charge in [0.1, 0.15) is 11.4 Å². The van der Waals surface area contributed by atoms with Crippen LogP contribution in [0.5, 0.6) is 17.2 Å². The molecule has 6 rings (SSSR count). The minimum absolute atomic E-state index is 0.108. The molecule has 2 fully saturated rings. The second-order valence-electron chi connectivity index (χ2n) is 8.08. The number of amides is 2. The number of methoxy groups -OCH3 is 1. The molecule has 0 saturated carbocycles. The molecule has 4 heterocycles. The first-order chi connectivity index (χ1) is 15.1. The van der Waals surface area contributed by atoms with Gasteiger partial charge in [0.25, 0.3) is 0 Å². The van der Waals surface area contributed by atoms with E-state index in [1.54, 1.807) is 30.2 Å². The van der Waals surface area contributed by atoms with Crippen molar-refractivity contribution in [2.24, 2.45) is 11.8 Å². The monoisotopic (exact) mass is 420 g/mol. The number of ether oxygens (including phenoxy) is 4. The van der Waals surface area contributed by atoms with E-state index in [1.807, 2.05) is 36.4 Å². The lowest BCUT2D eigenvalue weighted by Gasteiger charge is -2.23. The molecule has 8 nitrogen and oxygen atoms in total. The third-order valence-corrected chi connectivity index (χ3v) is 6.43. The molecule has 0 radical (unpaired) electrons. The Labute approximate surface area is 178 Å².